The van der Waals surface area contributed by atoms with Crippen molar-refractivity contribution in [1.29, 1.82) is 5.26 Å². The van der Waals surface area contributed by atoms with Crippen molar-refractivity contribution in [2.75, 3.05) is 0 Å². The minimum Gasteiger partial charge on any atom is -0.369 e. The lowest BCUT2D eigenvalue weighted by Gasteiger charge is -1.97. The molecule has 0 unspecified atom stereocenters. The molecule has 0 aliphatic heterocycles. The molecule has 4 heteroatoms. The molecule has 0 saturated heterocycles. The zero-order chi connectivity index (χ0) is 11.3. The summed E-state index contributed by atoms with van der Waals surface area (Å²) in [6.07, 6.45) is 3.21. The van der Waals surface area contributed by atoms with E-state index in [4.69, 9.17) is 11.0 Å². The molecular formula is C11H9FN2O. The van der Waals surface area contributed by atoms with Gasteiger partial charge in [0.15, 0.2) is 0 Å². The lowest BCUT2D eigenvalue weighted by Crippen LogP contribution is -2.07. The van der Waals surface area contributed by atoms with E-state index >= 15 is 0 Å². The molecule has 0 atom stereocenters. The predicted molar refractivity (Wildman–Crippen MR) is 54.0 cm³/mol. The van der Waals surface area contributed by atoms with E-state index < -0.39 is 11.7 Å². The van der Waals surface area contributed by atoms with Gasteiger partial charge in [-0.2, -0.15) is 5.26 Å². The van der Waals surface area contributed by atoms with Crippen molar-refractivity contribution < 1.29 is 9.18 Å². The first-order valence-electron chi connectivity index (χ1n) is 4.28. The van der Waals surface area contributed by atoms with Crippen LogP contribution in [0.4, 0.5) is 4.39 Å². The molecule has 0 heterocycles. The highest BCUT2D eigenvalue weighted by atomic mass is 19.1. The second kappa shape index (κ2) is 4.91. The van der Waals surface area contributed by atoms with Gasteiger partial charge in [0.1, 0.15) is 5.82 Å². The minimum atomic E-state index is -0.460. The Morgan fingerprint density at radius 1 is 1.60 bits per heavy atom. The zero-order valence-corrected chi connectivity index (χ0v) is 7.90. The summed E-state index contributed by atoms with van der Waals surface area (Å²) in [6, 6.07) is 5.74. The number of hydrogen-bond acceptors (Lipinski definition) is 2. The fraction of sp³-hybridized carbons (Fsp3) is 0.0909. The first-order valence-corrected chi connectivity index (χ1v) is 4.28. The minimum absolute atomic E-state index is 0.0994. The Kier molecular flexibility index (Phi) is 3.58. The molecule has 0 fully saturated rings. The maximum absolute atomic E-state index is 12.7. The summed E-state index contributed by atoms with van der Waals surface area (Å²) in [5.41, 5.74) is 5.74. The summed E-state index contributed by atoms with van der Waals surface area (Å²) < 4.78 is 12.7. The topological polar surface area (TPSA) is 66.9 Å². The fourth-order valence-corrected chi connectivity index (χ4v) is 1.07. The van der Waals surface area contributed by atoms with Crippen molar-refractivity contribution in [2.45, 2.75) is 6.42 Å². The molecule has 1 aromatic carbocycles. The highest BCUT2D eigenvalue weighted by molar-refractivity contribution is 5.76. The number of carbonyl (C=O) groups is 1. The van der Waals surface area contributed by atoms with Crippen LogP contribution < -0.4 is 5.73 Å². The highest BCUT2D eigenvalue weighted by Crippen LogP contribution is 2.12. The average molecular weight is 204 g/mol. The molecule has 0 radical (unpaired) electrons. The van der Waals surface area contributed by atoms with Crippen molar-refractivity contribution in [3.63, 3.8) is 0 Å². The second-order valence-electron chi connectivity index (χ2n) is 2.92. The first kappa shape index (κ1) is 10.9. The summed E-state index contributed by atoms with van der Waals surface area (Å²) in [6.45, 7) is 0. The van der Waals surface area contributed by atoms with Crippen LogP contribution in [0.2, 0.25) is 0 Å². The summed E-state index contributed by atoms with van der Waals surface area (Å²) in [4.78, 5) is 10.4. The van der Waals surface area contributed by atoms with E-state index in [0.29, 0.717) is 5.56 Å². The van der Waals surface area contributed by atoms with Crippen LogP contribution in [0.15, 0.2) is 24.3 Å². The third kappa shape index (κ3) is 3.24. The summed E-state index contributed by atoms with van der Waals surface area (Å²) in [7, 11) is 0. The van der Waals surface area contributed by atoms with E-state index in [9.17, 15) is 9.18 Å². The number of nitrogens with zero attached hydrogens (tertiary/aromatic N) is 1. The van der Waals surface area contributed by atoms with Crippen LogP contribution in [0.5, 0.6) is 0 Å². The lowest BCUT2D eigenvalue weighted by molar-refractivity contribution is -0.117. The lowest BCUT2D eigenvalue weighted by atomic mass is 10.1. The number of hydrogen-bond donors (Lipinski definition) is 1. The summed E-state index contributed by atoms with van der Waals surface area (Å²) in [5.74, 6) is -0.912. The SMILES string of the molecule is N#Cc1cc(F)ccc1C=CCC(N)=O. The van der Waals surface area contributed by atoms with Crippen molar-refractivity contribution in [3.8, 4) is 6.07 Å². The molecule has 1 amide bonds. The molecule has 0 aromatic heterocycles. The summed E-state index contributed by atoms with van der Waals surface area (Å²) >= 11 is 0. The molecule has 3 nitrogen and oxygen atoms in total. The van der Waals surface area contributed by atoms with E-state index in [-0.39, 0.29) is 12.0 Å². The summed E-state index contributed by atoms with van der Waals surface area (Å²) in [5, 5.41) is 8.71. The molecule has 76 valence electrons. The van der Waals surface area contributed by atoms with Crippen LogP contribution in [0.3, 0.4) is 0 Å². The van der Waals surface area contributed by atoms with Crippen molar-refractivity contribution in [2.24, 2.45) is 5.73 Å². The van der Waals surface area contributed by atoms with Crippen LogP contribution in [-0.2, 0) is 4.79 Å². The molecule has 2 N–H and O–H groups in total. The van der Waals surface area contributed by atoms with Crippen molar-refractivity contribution in [1.82, 2.24) is 0 Å². The fourth-order valence-electron chi connectivity index (χ4n) is 1.07. The van der Waals surface area contributed by atoms with Gasteiger partial charge in [-0.05, 0) is 17.7 Å². The number of halogens is 1. The van der Waals surface area contributed by atoms with Crippen LogP contribution in [0, 0.1) is 17.1 Å². The number of carbonyl (C=O) groups excluding carboxylic acids is 1. The van der Waals surface area contributed by atoms with Gasteiger partial charge in [-0.1, -0.05) is 18.2 Å². The molecule has 0 bridgehead atoms. The van der Waals surface area contributed by atoms with E-state index in [0.717, 1.165) is 6.07 Å². The van der Waals surface area contributed by atoms with Gasteiger partial charge >= 0.3 is 0 Å². The normalized spacial score (nSPS) is 10.1. The quantitative estimate of drug-likeness (QED) is 0.812. The van der Waals surface area contributed by atoms with Crippen LogP contribution in [-0.4, -0.2) is 5.91 Å². The monoisotopic (exact) mass is 204 g/mol. The molecule has 0 aliphatic rings. The number of amides is 1. The Morgan fingerprint density at radius 3 is 2.93 bits per heavy atom. The molecule has 0 saturated carbocycles. The van der Waals surface area contributed by atoms with Gasteiger partial charge < -0.3 is 5.73 Å². The first-order chi connectivity index (χ1) is 7.13. The Morgan fingerprint density at radius 2 is 2.33 bits per heavy atom. The van der Waals surface area contributed by atoms with Gasteiger partial charge in [0.05, 0.1) is 11.6 Å². The van der Waals surface area contributed by atoms with Crippen LogP contribution in [0.25, 0.3) is 6.08 Å². The van der Waals surface area contributed by atoms with E-state index in [1.54, 1.807) is 6.08 Å². The smallest absolute Gasteiger partial charge is 0.221 e. The molecule has 0 aliphatic carbocycles. The molecule has 15 heavy (non-hydrogen) atoms. The number of benzene rings is 1. The maximum atomic E-state index is 12.7. The average Bonchev–Trinajstić information content (AvgIpc) is 2.19. The van der Waals surface area contributed by atoms with Gasteiger partial charge in [0.2, 0.25) is 5.91 Å². The van der Waals surface area contributed by atoms with Gasteiger partial charge in [-0.3, -0.25) is 4.79 Å². The number of primary amides is 1. The molecular weight excluding hydrogens is 195 g/mol. The third-order valence-corrected chi connectivity index (χ3v) is 1.75. The Balaban J connectivity index is 2.91. The number of nitrogens with two attached hydrogens (primary N) is 1. The van der Waals surface area contributed by atoms with Gasteiger partial charge in [0, 0.05) is 6.42 Å². The Labute approximate surface area is 86.6 Å². The molecule has 1 aromatic rings. The zero-order valence-electron chi connectivity index (χ0n) is 7.90. The number of nitriles is 1. The standard InChI is InChI=1S/C11H9FN2O/c12-10-5-4-8(9(6-10)7-13)2-1-3-11(14)15/h1-2,4-6H,3H2,(H2,14,15). The predicted octanol–water partition coefficient (Wildman–Crippen LogP) is 1.59. The molecule has 1 rings (SSSR count). The highest BCUT2D eigenvalue weighted by Gasteiger charge is 2.00. The Hall–Kier alpha value is -2.15. The van der Waals surface area contributed by atoms with Crippen molar-refractivity contribution in [3.05, 3.63) is 41.2 Å². The molecule has 0 spiro atoms. The van der Waals surface area contributed by atoms with Gasteiger partial charge in [-0.25, -0.2) is 4.39 Å². The second-order valence-corrected chi connectivity index (χ2v) is 2.92. The van der Waals surface area contributed by atoms with Crippen LogP contribution >= 0.6 is 0 Å². The van der Waals surface area contributed by atoms with Crippen molar-refractivity contribution >= 4 is 12.0 Å². The van der Waals surface area contributed by atoms with E-state index in [2.05, 4.69) is 0 Å². The van der Waals surface area contributed by atoms with E-state index in [1.165, 1.54) is 18.2 Å². The maximum Gasteiger partial charge on any atom is 0.221 e. The number of rotatable bonds is 3. The van der Waals surface area contributed by atoms with Crippen LogP contribution in [0.1, 0.15) is 17.5 Å². The largest absolute Gasteiger partial charge is 0.369 e. The van der Waals surface area contributed by atoms with Gasteiger partial charge in [0.25, 0.3) is 0 Å². The Bertz CT molecular complexity index is 446. The van der Waals surface area contributed by atoms with E-state index in [1.807, 2.05) is 6.07 Å². The third-order valence-electron chi connectivity index (χ3n) is 1.75. The van der Waals surface area contributed by atoms with Gasteiger partial charge in [-0.15, -0.1) is 0 Å².